The molecule has 0 unspecified atom stereocenters. The summed E-state index contributed by atoms with van der Waals surface area (Å²) >= 11 is 0. The van der Waals surface area contributed by atoms with Gasteiger partial charge >= 0.3 is 6.18 Å². The lowest BCUT2D eigenvalue weighted by Crippen LogP contribution is -2.27. The second-order valence-corrected chi connectivity index (χ2v) is 6.47. The summed E-state index contributed by atoms with van der Waals surface area (Å²) in [5.74, 6) is -0.835. The molecule has 2 aromatic heterocycles. The third-order valence-corrected chi connectivity index (χ3v) is 4.16. The molecule has 22 heavy (non-hydrogen) atoms. The normalized spacial score (nSPS) is 19.4. The van der Waals surface area contributed by atoms with Gasteiger partial charge in [0.25, 0.3) is 0 Å². The van der Waals surface area contributed by atoms with Crippen molar-refractivity contribution in [2.45, 2.75) is 39.3 Å². The molecular weight excluding hydrogens is 295 g/mol. The van der Waals surface area contributed by atoms with Gasteiger partial charge < -0.3 is 9.88 Å². The summed E-state index contributed by atoms with van der Waals surface area (Å²) in [5, 5.41) is 0. The van der Waals surface area contributed by atoms with Crippen LogP contribution in [0.2, 0.25) is 0 Å². The number of alkyl halides is 3. The fourth-order valence-electron chi connectivity index (χ4n) is 2.81. The molecule has 3 heterocycles. The molecule has 0 amide bonds. The molecular formula is C14H18F3N5. The van der Waals surface area contributed by atoms with Gasteiger partial charge in [0.1, 0.15) is 5.52 Å². The van der Waals surface area contributed by atoms with Crippen LogP contribution in [0.5, 0.6) is 0 Å². The van der Waals surface area contributed by atoms with Gasteiger partial charge in [-0.05, 0) is 24.7 Å². The average molecular weight is 313 g/mol. The number of hydrogen-bond donors (Lipinski definition) is 1. The standard InChI is InChI=1S/C14H18F3N5/c1-13(2)4-3-6-22(7-5-13)11-9-10(19-8-18-9)20-12(21-11)14(15,16)17/h8H,3-7H2,1-2H3,(H,18,19,20,21). The Labute approximate surface area is 126 Å². The summed E-state index contributed by atoms with van der Waals surface area (Å²) in [5.41, 5.74) is 0.718. The van der Waals surface area contributed by atoms with Crippen molar-refractivity contribution in [2.75, 3.05) is 18.0 Å². The predicted molar refractivity (Wildman–Crippen MR) is 76.5 cm³/mol. The van der Waals surface area contributed by atoms with Gasteiger partial charge in [-0.1, -0.05) is 13.8 Å². The number of anilines is 1. The van der Waals surface area contributed by atoms with Crippen LogP contribution in [0.15, 0.2) is 6.33 Å². The van der Waals surface area contributed by atoms with E-state index in [1.54, 1.807) is 0 Å². The van der Waals surface area contributed by atoms with E-state index in [0.29, 0.717) is 24.4 Å². The molecule has 0 saturated carbocycles. The zero-order chi connectivity index (χ0) is 16.0. The van der Waals surface area contributed by atoms with Gasteiger partial charge in [0, 0.05) is 13.1 Å². The maximum atomic E-state index is 13.0. The quantitative estimate of drug-likeness (QED) is 0.877. The number of imidazole rings is 1. The summed E-state index contributed by atoms with van der Waals surface area (Å²) in [6.45, 7) is 5.73. The minimum Gasteiger partial charge on any atom is -0.355 e. The zero-order valence-electron chi connectivity index (χ0n) is 12.5. The maximum Gasteiger partial charge on any atom is 0.451 e. The number of nitrogens with one attached hydrogen (secondary N) is 1. The van der Waals surface area contributed by atoms with Crippen LogP contribution in [0.4, 0.5) is 19.0 Å². The van der Waals surface area contributed by atoms with E-state index in [2.05, 4.69) is 33.8 Å². The molecule has 1 N–H and O–H groups in total. The van der Waals surface area contributed by atoms with Gasteiger partial charge in [0.15, 0.2) is 11.5 Å². The van der Waals surface area contributed by atoms with Crippen LogP contribution in [0, 0.1) is 5.41 Å². The van der Waals surface area contributed by atoms with Crippen LogP contribution in [0.1, 0.15) is 38.9 Å². The maximum absolute atomic E-state index is 13.0. The van der Waals surface area contributed by atoms with Crippen molar-refractivity contribution < 1.29 is 13.2 Å². The van der Waals surface area contributed by atoms with Crippen LogP contribution < -0.4 is 4.90 Å². The minimum absolute atomic E-state index is 0.0563. The Bertz CT molecular complexity index is 677. The van der Waals surface area contributed by atoms with Crippen molar-refractivity contribution in [3.05, 3.63) is 12.2 Å². The third-order valence-electron chi connectivity index (χ3n) is 4.16. The van der Waals surface area contributed by atoms with Crippen molar-refractivity contribution in [1.29, 1.82) is 0 Å². The Kier molecular flexibility index (Phi) is 3.49. The number of fused-ring (bicyclic) bond motifs is 1. The Morgan fingerprint density at radius 1 is 1.18 bits per heavy atom. The molecule has 0 aromatic carbocycles. The van der Waals surface area contributed by atoms with Crippen molar-refractivity contribution in [3.63, 3.8) is 0 Å². The average Bonchev–Trinajstić information content (AvgIpc) is 2.81. The van der Waals surface area contributed by atoms with Crippen LogP contribution in [-0.4, -0.2) is 33.0 Å². The smallest absolute Gasteiger partial charge is 0.355 e. The Morgan fingerprint density at radius 3 is 2.68 bits per heavy atom. The molecule has 0 atom stereocenters. The molecule has 0 bridgehead atoms. The van der Waals surface area contributed by atoms with Crippen molar-refractivity contribution >= 4 is 17.0 Å². The number of hydrogen-bond acceptors (Lipinski definition) is 4. The lowest BCUT2D eigenvalue weighted by molar-refractivity contribution is -0.144. The van der Waals surface area contributed by atoms with Gasteiger partial charge in [-0.25, -0.2) is 15.0 Å². The molecule has 2 aromatic rings. The van der Waals surface area contributed by atoms with Gasteiger partial charge in [0.2, 0.25) is 5.82 Å². The SMILES string of the molecule is CC1(C)CCCN(c2nc(C(F)(F)F)nc3nc[nH]c23)CC1. The fraction of sp³-hybridized carbons (Fsp3) is 0.643. The molecule has 8 heteroatoms. The predicted octanol–water partition coefficient (Wildman–Crippen LogP) is 3.39. The lowest BCUT2D eigenvalue weighted by atomic mass is 9.85. The molecule has 1 fully saturated rings. The van der Waals surface area contributed by atoms with E-state index < -0.39 is 12.0 Å². The van der Waals surface area contributed by atoms with Crippen LogP contribution >= 0.6 is 0 Å². The summed E-state index contributed by atoms with van der Waals surface area (Å²) in [4.78, 5) is 15.9. The third kappa shape index (κ3) is 2.86. The van der Waals surface area contributed by atoms with Crippen molar-refractivity contribution in [3.8, 4) is 0 Å². The van der Waals surface area contributed by atoms with E-state index in [1.807, 2.05) is 4.90 Å². The first-order valence-corrected chi connectivity index (χ1v) is 7.30. The van der Waals surface area contributed by atoms with E-state index in [9.17, 15) is 13.2 Å². The molecule has 1 aliphatic rings. The lowest BCUT2D eigenvalue weighted by Gasteiger charge is -2.24. The first-order valence-electron chi connectivity index (χ1n) is 7.30. The van der Waals surface area contributed by atoms with Crippen molar-refractivity contribution in [2.24, 2.45) is 5.41 Å². The Balaban J connectivity index is 2.03. The summed E-state index contributed by atoms with van der Waals surface area (Å²) in [6, 6.07) is 0. The number of rotatable bonds is 1. The zero-order valence-corrected chi connectivity index (χ0v) is 12.5. The molecule has 120 valence electrons. The topological polar surface area (TPSA) is 57.7 Å². The number of aromatic amines is 1. The second kappa shape index (κ2) is 5.10. The Morgan fingerprint density at radius 2 is 1.95 bits per heavy atom. The number of H-pyrrole nitrogens is 1. The van der Waals surface area contributed by atoms with Gasteiger partial charge in [0.05, 0.1) is 6.33 Å². The summed E-state index contributed by atoms with van der Waals surface area (Å²) in [7, 11) is 0. The molecule has 3 rings (SSSR count). The molecule has 0 spiro atoms. The highest BCUT2D eigenvalue weighted by atomic mass is 19.4. The van der Waals surface area contributed by atoms with Crippen LogP contribution in [0.25, 0.3) is 11.2 Å². The highest BCUT2D eigenvalue weighted by Gasteiger charge is 2.37. The summed E-state index contributed by atoms with van der Waals surface area (Å²) < 4.78 is 39.0. The molecule has 0 aliphatic carbocycles. The Hall–Kier alpha value is -1.86. The number of aromatic nitrogens is 4. The van der Waals surface area contributed by atoms with E-state index >= 15 is 0 Å². The first kappa shape index (κ1) is 15.1. The van der Waals surface area contributed by atoms with E-state index in [1.165, 1.54) is 6.33 Å². The molecule has 1 aliphatic heterocycles. The van der Waals surface area contributed by atoms with E-state index in [4.69, 9.17) is 0 Å². The number of nitrogens with zero attached hydrogens (tertiary/aromatic N) is 4. The highest BCUT2D eigenvalue weighted by molar-refractivity contribution is 5.83. The second-order valence-electron chi connectivity index (χ2n) is 6.47. The van der Waals surface area contributed by atoms with E-state index in [-0.39, 0.29) is 11.1 Å². The van der Waals surface area contributed by atoms with Gasteiger partial charge in [-0.2, -0.15) is 13.2 Å². The van der Waals surface area contributed by atoms with Gasteiger partial charge in [-0.15, -0.1) is 0 Å². The largest absolute Gasteiger partial charge is 0.451 e. The van der Waals surface area contributed by atoms with Crippen molar-refractivity contribution in [1.82, 2.24) is 19.9 Å². The van der Waals surface area contributed by atoms with Crippen LogP contribution in [0.3, 0.4) is 0 Å². The molecule has 0 radical (unpaired) electrons. The van der Waals surface area contributed by atoms with Crippen LogP contribution in [-0.2, 0) is 6.18 Å². The fourth-order valence-corrected chi connectivity index (χ4v) is 2.81. The van der Waals surface area contributed by atoms with E-state index in [0.717, 1.165) is 19.3 Å². The summed E-state index contributed by atoms with van der Waals surface area (Å²) in [6.07, 6.45) is -0.341. The molecule has 1 saturated heterocycles. The number of halogens is 3. The minimum atomic E-state index is -4.58. The highest BCUT2D eigenvalue weighted by Crippen LogP contribution is 2.34. The van der Waals surface area contributed by atoms with Gasteiger partial charge in [-0.3, -0.25) is 0 Å². The first-order chi connectivity index (χ1) is 10.3. The monoisotopic (exact) mass is 313 g/mol. The molecule has 5 nitrogen and oxygen atoms in total.